The van der Waals surface area contributed by atoms with Crippen molar-refractivity contribution >= 4 is 11.3 Å². The maximum absolute atomic E-state index is 4.17. The molecule has 1 N–H and O–H groups in total. The van der Waals surface area contributed by atoms with E-state index < -0.39 is 0 Å². The Hall–Kier alpha value is -0.450. The summed E-state index contributed by atoms with van der Waals surface area (Å²) in [6.45, 7) is 5.70. The quantitative estimate of drug-likeness (QED) is 0.897. The molecule has 0 aromatic carbocycles. The van der Waals surface area contributed by atoms with Gasteiger partial charge in [-0.2, -0.15) is 0 Å². The van der Waals surface area contributed by atoms with Crippen LogP contribution in [0.25, 0.3) is 0 Å². The first-order valence-corrected chi connectivity index (χ1v) is 8.21. The second-order valence-corrected chi connectivity index (χ2v) is 7.24. The van der Waals surface area contributed by atoms with Crippen molar-refractivity contribution in [3.63, 3.8) is 0 Å². The Morgan fingerprint density at radius 3 is 2.95 bits per heavy atom. The van der Waals surface area contributed by atoms with Gasteiger partial charge in [0.1, 0.15) is 0 Å². The standard InChI is InChI=1S/C15H27N3S/c1-12-6-5-7-15(8-12,18(3)4)10-17-13(2)14-9-16-11-19-14/h9,11-13,17H,5-8,10H2,1-4H3. The fourth-order valence-corrected chi connectivity index (χ4v) is 3.89. The van der Waals surface area contributed by atoms with E-state index >= 15 is 0 Å². The summed E-state index contributed by atoms with van der Waals surface area (Å²) in [5.41, 5.74) is 2.24. The summed E-state index contributed by atoms with van der Waals surface area (Å²) in [7, 11) is 4.47. The highest BCUT2D eigenvalue weighted by molar-refractivity contribution is 7.09. The SMILES string of the molecule is CC1CCCC(CNC(C)c2cncs2)(N(C)C)C1. The number of rotatable bonds is 5. The minimum atomic E-state index is 0.330. The van der Waals surface area contributed by atoms with Crippen LogP contribution < -0.4 is 5.32 Å². The van der Waals surface area contributed by atoms with Crippen molar-refractivity contribution in [2.24, 2.45) is 5.92 Å². The molecule has 1 aromatic heterocycles. The molecule has 4 heteroatoms. The van der Waals surface area contributed by atoms with Gasteiger partial charge in [0.25, 0.3) is 0 Å². The fourth-order valence-electron chi connectivity index (χ4n) is 3.24. The van der Waals surface area contributed by atoms with Crippen molar-refractivity contribution in [1.82, 2.24) is 15.2 Å². The normalized spacial score (nSPS) is 29.6. The zero-order chi connectivity index (χ0) is 13.9. The van der Waals surface area contributed by atoms with Gasteiger partial charge >= 0.3 is 0 Å². The van der Waals surface area contributed by atoms with E-state index in [9.17, 15) is 0 Å². The largest absolute Gasteiger partial charge is 0.308 e. The van der Waals surface area contributed by atoms with Crippen LogP contribution in [-0.4, -0.2) is 36.1 Å². The lowest BCUT2D eigenvalue weighted by molar-refractivity contribution is 0.0729. The van der Waals surface area contributed by atoms with Gasteiger partial charge in [-0.15, -0.1) is 11.3 Å². The van der Waals surface area contributed by atoms with Gasteiger partial charge in [-0.3, -0.25) is 4.98 Å². The Morgan fingerprint density at radius 1 is 1.58 bits per heavy atom. The number of aromatic nitrogens is 1. The Morgan fingerprint density at radius 2 is 2.37 bits per heavy atom. The third-order valence-corrected chi connectivity index (χ3v) is 5.59. The third-order valence-electron chi connectivity index (χ3n) is 4.63. The first-order chi connectivity index (χ1) is 9.03. The third kappa shape index (κ3) is 3.56. The number of hydrogen-bond donors (Lipinski definition) is 1. The maximum atomic E-state index is 4.17. The molecule has 0 spiro atoms. The lowest BCUT2D eigenvalue weighted by Gasteiger charge is -2.46. The summed E-state index contributed by atoms with van der Waals surface area (Å²) in [5.74, 6) is 0.844. The van der Waals surface area contributed by atoms with Crippen LogP contribution in [0, 0.1) is 5.92 Å². The average molecular weight is 281 g/mol. The number of nitrogens with one attached hydrogen (secondary N) is 1. The molecule has 1 aliphatic rings. The first kappa shape index (κ1) is 14.9. The molecule has 1 heterocycles. The molecule has 3 atom stereocenters. The topological polar surface area (TPSA) is 28.2 Å². The van der Waals surface area contributed by atoms with Crippen molar-refractivity contribution < 1.29 is 0 Å². The van der Waals surface area contributed by atoms with Crippen LogP contribution in [0.15, 0.2) is 11.7 Å². The highest BCUT2D eigenvalue weighted by Gasteiger charge is 2.36. The highest BCUT2D eigenvalue weighted by Crippen LogP contribution is 2.35. The summed E-state index contributed by atoms with van der Waals surface area (Å²) in [5, 5.41) is 3.73. The second-order valence-electron chi connectivity index (χ2n) is 6.33. The predicted molar refractivity (Wildman–Crippen MR) is 82.6 cm³/mol. The smallest absolute Gasteiger partial charge is 0.0794 e. The van der Waals surface area contributed by atoms with Crippen molar-refractivity contribution in [3.05, 3.63) is 16.6 Å². The Bertz CT molecular complexity index is 377. The van der Waals surface area contributed by atoms with E-state index in [-0.39, 0.29) is 0 Å². The molecule has 3 nitrogen and oxygen atoms in total. The molecule has 0 amide bonds. The molecule has 3 unspecified atom stereocenters. The number of thiazole rings is 1. The lowest BCUT2D eigenvalue weighted by atomic mass is 9.75. The fraction of sp³-hybridized carbons (Fsp3) is 0.800. The molecular weight excluding hydrogens is 254 g/mol. The molecule has 0 bridgehead atoms. The summed E-state index contributed by atoms with van der Waals surface area (Å²) >= 11 is 1.74. The van der Waals surface area contributed by atoms with Gasteiger partial charge in [0.15, 0.2) is 0 Å². The average Bonchev–Trinajstić information content (AvgIpc) is 2.89. The van der Waals surface area contributed by atoms with Gasteiger partial charge in [-0.05, 0) is 39.8 Å². The minimum absolute atomic E-state index is 0.330. The molecule has 1 saturated carbocycles. The molecule has 2 rings (SSSR count). The lowest BCUT2D eigenvalue weighted by Crippen LogP contribution is -2.54. The van der Waals surface area contributed by atoms with Crippen LogP contribution in [-0.2, 0) is 0 Å². The zero-order valence-electron chi connectivity index (χ0n) is 12.6. The van der Waals surface area contributed by atoms with E-state index in [1.165, 1.54) is 30.6 Å². The molecule has 0 aliphatic heterocycles. The second kappa shape index (κ2) is 6.33. The van der Waals surface area contributed by atoms with Crippen molar-refractivity contribution in [3.8, 4) is 0 Å². The van der Waals surface area contributed by atoms with Crippen LogP contribution in [0.2, 0.25) is 0 Å². The molecule has 0 saturated heterocycles. The van der Waals surface area contributed by atoms with E-state index in [0.717, 1.165) is 12.5 Å². The molecule has 1 aliphatic carbocycles. The van der Waals surface area contributed by atoms with Gasteiger partial charge < -0.3 is 10.2 Å². The molecule has 1 fully saturated rings. The van der Waals surface area contributed by atoms with Crippen LogP contribution in [0.1, 0.15) is 50.4 Å². The summed E-state index contributed by atoms with van der Waals surface area (Å²) in [6.07, 6.45) is 7.35. The van der Waals surface area contributed by atoms with Crippen molar-refractivity contribution in [2.75, 3.05) is 20.6 Å². The summed E-state index contributed by atoms with van der Waals surface area (Å²) in [4.78, 5) is 7.94. The van der Waals surface area contributed by atoms with E-state index in [1.807, 2.05) is 11.7 Å². The first-order valence-electron chi connectivity index (χ1n) is 7.33. The van der Waals surface area contributed by atoms with E-state index in [1.54, 1.807) is 11.3 Å². The van der Waals surface area contributed by atoms with Gasteiger partial charge in [-0.25, -0.2) is 0 Å². The van der Waals surface area contributed by atoms with Gasteiger partial charge in [0.05, 0.1) is 5.51 Å². The predicted octanol–water partition coefficient (Wildman–Crippen LogP) is 3.30. The van der Waals surface area contributed by atoms with Crippen LogP contribution >= 0.6 is 11.3 Å². The molecule has 19 heavy (non-hydrogen) atoms. The van der Waals surface area contributed by atoms with Gasteiger partial charge in [0.2, 0.25) is 0 Å². The summed E-state index contributed by atoms with van der Waals surface area (Å²) < 4.78 is 0. The number of likely N-dealkylation sites (N-methyl/N-ethyl adjacent to an activating group) is 1. The highest BCUT2D eigenvalue weighted by atomic mass is 32.1. The summed E-state index contributed by atoms with van der Waals surface area (Å²) in [6, 6.07) is 0.404. The van der Waals surface area contributed by atoms with E-state index in [0.29, 0.717) is 11.6 Å². The Kier molecular flexibility index (Phi) is 4.98. The van der Waals surface area contributed by atoms with Crippen molar-refractivity contribution in [2.45, 2.75) is 51.1 Å². The Balaban J connectivity index is 1.97. The molecule has 1 aromatic rings. The van der Waals surface area contributed by atoms with E-state index in [4.69, 9.17) is 0 Å². The zero-order valence-corrected chi connectivity index (χ0v) is 13.5. The monoisotopic (exact) mass is 281 g/mol. The molecule has 108 valence electrons. The number of nitrogens with zero attached hydrogens (tertiary/aromatic N) is 2. The molecular formula is C15H27N3S. The minimum Gasteiger partial charge on any atom is -0.308 e. The Labute approximate surface area is 121 Å². The van der Waals surface area contributed by atoms with Gasteiger partial charge in [-0.1, -0.05) is 19.8 Å². The van der Waals surface area contributed by atoms with Crippen molar-refractivity contribution in [1.29, 1.82) is 0 Å². The van der Waals surface area contributed by atoms with Crippen LogP contribution in [0.5, 0.6) is 0 Å². The van der Waals surface area contributed by atoms with Crippen LogP contribution in [0.3, 0.4) is 0 Å². The maximum Gasteiger partial charge on any atom is 0.0794 e. The number of hydrogen-bond acceptors (Lipinski definition) is 4. The van der Waals surface area contributed by atoms with Gasteiger partial charge in [0, 0.05) is 29.2 Å². The van der Waals surface area contributed by atoms with Crippen LogP contribution in [0.4, 0.5) is 0 Å². The van der Waals surface area contributed by atoms with E-state index in [2.05, 4.69) is 43.1 Å². The molecule has 0 radical (unpaired) electrons.